The Labute approximate surface area is 131 Å². The van der Waals surface area contributed by atoms with E-state index in [1.54, 1.807) is 0 Å². The first kappa shape index (κ1) is 18.4. The Balaban J connectivity index is 3.16. The van der Waals surface area contributed by atoms with E-state index < -0.39 is 8.80 Å². The van der Waals surface area contributed by atoms with E-state index in [-0.39, 0.29) is 0 Å². The van der Waals surface area contributed by atoms with E-state index in [1.807, 2.05) is 0 Å². The molecule has 1 rings (SSSR count). The third kappa shape index (κ3) is 5.22. The molecule has 0 saturated heterocycles. The molecule has 0 saturated carbocycles. The quantitative estimate of drug-likeness (QED) is 0.584. The fourth-order valence-electron chi connectivity index (χ4n) is 2.19. The molecular weight excluding hydrogens is 280 g/mol. The second-order valence-corrected chi connectivity index (χ2v) is 7.63. The van der Waals surface area contributed by atoms with Crippen LogP contribution in [0.15, 0.2) is 24.3 Å². The third-order valence-corrected chi connectivity index (χ3v) is 6.12. The molecule has 4 heteroatoms. The van der Waals surface area contributed by atoms with Crippen LogP contribution < -0.4 is 5.19 Å². The molecular formula is C17H30O3Si. The van der Waals surface area contributed by atoms with E-state index in [2.05, 4.69) is 52.0 Å². The van der Waals surface area contributed by atoms with Crippen LogP contribution in [0.25, 0.3) is 0 Å². The number of benzene rings is 1. The van der Waals surface area contributed by atoms with Gasteiger partial charge in [0, 0.05) is 25.0 Å². The molecule has 0 fully saturated rings. The van der Waals surface area contributed by atoms with E-state index in [0.717, 1.165) is 30.9 Å². The minimum atomic E-state index is -2.80. The maximum absolute atomic E-state index is 6.21. The topological polar surface area (TPSA) is 27.7 Å². The summed E-state index contributed by atoms with van der Waals surface area (Å²) in [5.41, 5.74) is 1.27. The molecule has 0 bridgehead atoms. The lowest BCUT2D eigenvalue weighted by atomic mass is 10.2. The van der Waals surface area contributed by atoms with Gasteiger partial charge < -0.3 is 13.3 Å². The fourth-order valence-corrected chi connectivity index (χ4v) is 5.28. The zero-order valence-corrected chi connectivity index (χ0v) is 15.0. The summed E-state index contributed by atoms with van der Waals surface area (Å²) in [4.78, 5) is 0. The van der Waals surface area contributed by atoms with Crippen molar-refractivity contribution in [3.05, 3.63) is 29.8 Å². The average Bonchev–Trinajstić information content (AvgIpc) is 2.54. The van der Waals surface area contributed by atoms with Gasteiger partial charge in [0.2, 0.25) is 0 Å². The standard InChI is InChI=1S/C17H30O3Si/c1-5-13-18-21(19-14-6-2,20-15-7-3)17-12-10-9-11-16(17)8-4/h9-12H,5-8,13-15H2,1-4H3. The second-order valence-electron chi connectivity index (χ2n) is 5.11. The van der Waals surface area contributed by atoms with Crippen LogP contribution >= 0.6 is 0 Å². The van der Waals surface area contributed by atoms with Crippen molar-refractivity contribution in [2.75, 3.05) is 19.8 Å². The van der Waals surface area contributed by atoms with Crippen LogP contribution in [0.1, 0.15) is 52.5 Å². The predicted molar refractivity (Wildman–Crippen MR) is 89.9 cm³/mol. The lowest BCUT2D eigenvalue weighted by Gasteiger charge is -2.31. The van der Waals surface area contributed by atoms with Crippen molar-refractivity contribution >= 4 is 14.0 Å². The van der Waals surface area contributed by atoms with Gasteiger partial charge in [-0.05, 0) is 31.2 Å². The highest BCUT2D eigenvalue weighted by molar-refractivity contribution is 6.75. The number of hydrogen-bond acceptors (Lipinski definition) is 3. The number of rotatable bonds is 11. The van der Waals surface area contributed by atoms with Crippen molar-refractivity contribution in [2.45, 2.75) is 53.4 Å². The third-order valence-electron chi connectivity index (χ3n) is 3.22. The number of hydrogen-bond donors (Lipinski definition) is 0. The zero-order chi connectivity index (χ0) is 15.6. The van der Waals surface area contributed by atoms with E-state index >= 15 is 0 Å². The van der Waals surface area contributed by atoms with Crippen molar-refractivity contribution in [3.63, 3.8) is 0 Å². The Morgan fingerprint density at radius 3 is 1.67 bits per heavy atom. The van der Waals surface area contributed by atoms with Crippen LogP contribution in [0.4, 0.5) is 0 Å². The highest BCUT2D eigenvalue weighted by Crippen LogP contribution is 2.15. The minimum absolute atomic E-state index is 0.678. The van der Waals surface area contributed by atoms with Gasteiger partial charge in [-0.2, -0.15) is 0 Å². The Bertz CT molecular complexity index is 374. The summed E-state index contributed by atoms with van der Waals surface area (Å²) in [6.45, 7) is 10.5. The maximum atomic E-state index is 6.21. The molecule has 0 aromatic heterocycles. The van der Waals surface area contributed by atoms with Gasteiger partial charge in [-0.3, -0.25) is 0 Å². The molecule has 21 heavy (non-hydrogen) atoms. The van der Waals surface area contributed by atoms with Gasteiger partial charge in [-0.15, -0.1) is 0 Å². The van der Waals surface area contributed by atoms with Crippen molar-refractivity contribution < 1.29 is 13.3 Å². The second kappa shape index (κ2) is 10.1. The van der Waals surface area contributed by atoms with Gasteiger partial charge in [-0.25, -0.2) is 0 Å². The Morgan fingerprint density at radius 2 is 1.24 bits per heavy atom. The fraction of sp³-hybridized carbons (Fsp3) is 0.647. The average molecular weight is 311 g/mol. The summed E-state index contributed by atoms with van der Waals surface area (Å²) >= 11 is 0. The Hall–Kier alpha value is -0.683. The molecule has 0 unspecified atom stereocenters. The smallest absolute Gasteiger partial charge is 0.370 e. The van der Waals surface area contributed by atoms with Gasteiger partial charge in [0.05, 0.1) is 0 Å². The molecule has 3 nitrogen and oxygen atoms in total. The van der Waals surface area contributed by atoms with Gasteiger partial charge in [0.1, 0.15) is 0 Å². The summed E-state index contributed by atoms with van der Waals surface area (Å²) in [7, 11) is -2.80. The first-order chi connectivity index (χ1) is 10.2. The zero-order valence-electron chi connectivity index (χ0n) is 14.0. The molecule has 1 aromatic rings. The molecule has 0 aliphatic heterocycles. The van der Waals surface area contributed by atoms with Crippen LogP contribution in [-0.4, -0.2) is 28.6 Å². The van der Waals surface area contributed by atoms with E-state index in [4.69, 9.17) is 13.3 Å². The highest BCUT2D eigenvalue weighted by Gasteiger charge is 2.45. The molecule has 0 aliphatic carbocycles. The van der Waals surface area contributed by atoms with Crippen LogP contribution in [0, 0.1) is 0 Å². The Kier molecular flexibility index (Phi) is 8.84. The van der Waals surface area contributed by atoms with Crippen molar-refractivity contribution in [3.8, 4) is 0 Å². The first-order valence-corrected chi connectivity index (χ1v) is 9.96. The minimum Gasteiger partial charge on any atom is -0.370 e. The molecule has 0 spiro atoms. The van der Waals surface area contributed by atoms with Crippen molar-refractivity contribution in [1.82, 2.24) is 0 Å². The summed E-state index contributed by atoms with van der Waals surface area (Å²) in [5.74, 6) is 0. The van der Waals surface area contributed by atoms with Crippen LogP contribution in [0.2, 0.25) is 0 Å². The predicted octanol–water partition coefficient (Wildman–Crippen LogP) is 3.67. The van der Waals surface area contributed by atoms with Crippen LogP contribution in [0.5, 0.6) is 0 Å². The monoisotopic (exact) mass is 310 g/mol. The summed E-state index contributed by atoms with van der Waals surface area (Å²) < 4.78 is 18.6. The largest absolute Gasteiger partial charge is 0.537 e. The van der Waals surface area contributed by atoms with Gasteiger partial charge in [0.15, 0.2) is 0 Å². The summed E-state index contributed by atoms with van der Waals surface area (Å²) in [5, 5.41) is 1.14. The molecule has 0 aliphatic rings. The van der Waals surface area contributed by atoms with Gasteiger partial charge in [0.25, 0.3) is 0 Å². The van der Waals surface area contributed by atoms with Crippen LogP contribution in [-0.2, 0) is 19.7 Å². The maximum Gasteiger partial charge on any atom is 0.537 e. The molecule has 0 N–H and O–H groups in total. The van der Waals surface area contributed by atoms with Crippen LogP contribution in [0.3, 0.4) is 0 Å². The van der Waals surface area contributed by atoms with E-state index in [1.165, 1.54) is 5.56 Å². The van der Waals surface area contributed by atoms with Gasteiger partial charge >= 0.3 is 8.80 Å². The molecule has 120 valence electrons. The van der Waals surface area contributed by atoms with Crippen molar-refractivity contribution in [1.29, 1.82) is 0 Å². The molecule has 0 atom stereocenters. The highest BCUT2D eigenvalue weighted by atomic mass is 28.4. The van der Waals surface area contributed by atoms with Gasteiger partial charge in [-0.1, -0.05) is 52.0 Å². The normalized spacial score (nSPS) is 11.8. The van der Waals surface area contributed by atoms with E-state index in [9.17, 15) is 0 Å². The molecule has 0 heterocycles. The van der Waals surface area contributed by atoms with E-state index in [0.29, 0.717) is 19.8 Å². The molecule has 0 radical (unpaired) electrons. The SMILES string of the molecule is CCCO[Si](OCCC)(OCCC)c1ccccc1CC. The summed E-state index contributed by atoms with van der Waals surface area (Å²) in [6.07, 6.45) is 3.86. The Morgan fingerprint density at radius 1 is 0.762 bits per heavy atom. The summed E-state index contributed by atoms with van der Waals surface area (Å²) in [6, 6.07) is 8.39. The lowest BCUT2D eigenvalue weighted by molar-refractivity contribution is 0.0730. The molecule has 1 aromatic carbocycles. The first-order valence-electron chi connectivity index (χ1n) is 8.24. The van der Waals surface area contributed by atoms with Crippen molar-refractivity contribution in [2.24, 2.45) is 0 Å². The lowest BCUT2D eigenvalue weighted by Crippen LogP contribution is -2.58. The molecule has 0 amide bonds. The number of aryl methyl sites for hydroxylation is 1.